The number of halogens is 1. The van der Waals surface area contributed by atoms with Crippen molar-refractivity contribution in [2.24, 2.45) is 0 Å². The molecule has 1 aromatic heterocycles. The molecule has 0 aliphatic rings. The maximum atomic E-state index is 12.5. The maximum Gasteiger partial charge on any atom is 0.279 e. The minimum absolute atomic E-state index is 0.182. The van der Waals surface area contributed by atoms with E-state index in [0.29, 0.717) is 16.5 Å². The molecule has 1 heterocycles. The van der Waals surface area contributed by atoms with Gasteiger partial charge < -0.3 is 5.32 Å². The van der Waals surface area contributed by atoms with E-state index in [2.05, 4.69) is 26.3 Å². The summed E-state index contributed by atoms with van der Waals surface area (Å²) < 4.78 is 2.40. The van der Waals surface area contributed by atoms with Crippen LogP contribution in [0, 0.1) is 0 Å². The Hall–Kier alpha value is -2.34. The number of hydrogen-bond donors (Lipinski definition) is 2. The molecule has 0 aliphatic heterocycles. The minimum Gasteiger partial charge on any atom is -0.355 e. The van der Waals surface area contributed by atoms with Gasteiger partial charge in [-0.1, -0.05) is 15.9 Å². The summed E-state index contributed by atoms with van der Waals surface area (Å²) in [4.78, 5) is 24.1. The molecule has 0 bridgehead atoms. The number of aromatic amines is 1. The molecule has 0 saturated carbocycles. The van der Waals surface area contributed by atoms with Gasteiger partial charge in [0.25, 0.3) is 11.5 Å². The molecule has 0 radical (unpaired) electrons. The van der Waals surface area contributed by atoms with Gasteiger partial charge in [-0.05, 0) is 42.5 Å². The molecular weight excluding hydrogens is 334 g/mol. The van der Waals surface area contributed by atoms with Crippen LogP contribution in [-0.2, 0) is 0 Å². The fourth-order valence-electron chi connectivity index (χ4n) is 2.17. The molecule has 106 valence electrons. The molecule has 0 aliphatic carbocycles. The number of fused-ring (bicyclic) bond motifs is 1. The summed E-state index contributed by atoms with van der Waals surface area (Å²) in [5, 5.41) is 6.07. The fraction of sp³-hybridized carbons (Fsp3) is 0.0667. The number of hydrogen-bond acceptors (Lipinski definition) is 2. The van der Waals surface area contributed by atoms with E-state index in [9.17, 15) is 9.59 Å². The number of carbonyl (C=O) groups excluding carboxylic acids is 1. The van der Waals surface area contributed by atoms with E-state index in [1.54, 1.807) is 25.2 Å². The van der Waals surface area contributed by atoms with Crippen LogP contribution in [0.5, 0.6) is 0 Å². The van der Waals surface area contributed by atoms with E-state index in [0.717, 1.165) is 10.2 Å². The lowest BCUT2D eigenvalue weighted by molar-refractivity contribution is 0.0963. The van der Waals surface area contributed by atoms with Gasteiger partial charge in [0.1, 0.15) is 0 Å². The Morgan fingerprint density at radius 1 is 1.19 bits per heavy atom. The van der Waals surface area contributed by atoms with Gasteiger partial charge >= 0.3 is 0 Å². The number of nitrogens with one attached hydrogen (secondary N) is 2. The lowest BCUT2D eigenvalue weighted by atomic mass is 10.1. The SMILES string of the molecule is CNC(=O)c1ccc2[nH]n(-c3ccc(Br)cc3)c(=O)c2c1. The van der Waals surface area contributed by atoms with Gasteiger partial charge in [0.2, 0.25) is 0 Å². The highest BCUT2D eigenvalue weighted by Gasteiger charge is 2.11. The number of H-pyrrole nitrogens is 1. The summed E-state index contributed by atoms with van der Waals surface area (Å²) >= 11 is 3.36. The summed E-state index contributed by atoms with van der Waals surface area (Å²) in [6.45, 7) is 0. The highest BCUT2D eigenvalue weighted by Crippen LogP contribution is 2.15. The van der Waals surface area contributed by atoms with Gasteiger partial charge in [0, 0.05) is 17.1 Å². The zero-order valence-electron chi connectivity index (χ0n) is 11.2. The van der Waals surface area contributed by atoms with Crippen LogP contribution in [0.3, 0.4) is 0 Å². The Kier molecular flexibility index (Phi) is 3.39. The number of carbonyl (C=O) groups is 1. The van der Waals surface area contributed by atoms with E-state index in [-0.39, 0.29) is 11.5 Å². The first-order valence-corrected chi connectivity index (χ1v) is 7.12. The van der Waals surface area contributed by atoms with Crippen molar-refractivity contribution in [1.82, 2.24) is 15.1 Å². The molecule has 0 spiro atoms. The van der Waals surface area contributed by atoms with Crippen molar-refractivity contribution in [2.75, 3.05) is 7.05 Å². The summed E-state index contributed by atoms with van der Waals surface area (Å²) in [5.41, 5.74) is 1.71. The van der Waals surface area contributed by atoms with Crippen LogP contribution in [0.2, 0.25) is 0 Å². The summed E-state index contributed by atoms with van der Waals surface area (Å²) in [6.07, 6.45) is 0. The van der Waals surface area contributed by atoms with Gasteiger partial charge in [-0.15, -0.1) is 0 Å². The van der Waals surface area contributed by atoms with E-state index in [1.807, 2.05) is 24.3 Å². The molecule has 0 atom stereocenters. The largest absolute Gasteiger partial charge is 0.355 e. The summed E-state index contributed by atoms with van der Waals surface area (Å²) in [5.74, 6) is -0.215. The van der Waals surface area contributed by atoms with Crippen LogP contribution in [0.4, 0.5) is 0 Å². The molecule has 1 amide bonds. The molecule has 3 aromatic rings. The standard InChI is InChI=1S/C15H12BrN3O2/c1-17-14(20)9-2-7-13-12(8-9)15(21)19(18-13)11-5-3-10(16)4-6-11/h2-8,18H,1H3,(H,17,20). The number of rotatable bonds is 2. The molecule has 2 N–H and O–H groups in total. The normalized spacial score (nSPS) is 10.8. The van der Waals surface area contributed by atoms with Gasteiger partial charge in [-0.25, -0.2) is 4.68 Å². The molecular formula is C15H12BrN3O2. The number of amides is 1. The first-order chi connectivity index (χ1) is 10.1. The lowest BCUT2D eigenvalue weighted by Crippen LogP contribution is -2.18. The van der Waals surface area contributed by atoms with Gasteiger partial charge in [-0.3, -0.25) is 14.7 Å². The van der Waals surface area contributed by atoms with E-state index in [1.165, 1.54) is 4.68 Å². The monoisotopic (exact) mass is 345 g/mol. The van der Waals surface area contributed by atoms with Gasteiger partial charge in [0.15, 0.2) is 0 Å². The molecule has 0 unspecified atom stereocenters. The molecule has 2 aromatic carbocycles. The average molecular weight is 346 g/mol. The summed E-state index contributed by atoms with van der Waals surface area (Å²) in [7, 11) is 1.56. The number of benzene rings is 2. The van der Waals surface area contributed by atoms with Crippen molar-refractivity contribution < 1.29 is 4.79 Å². The van der Waals surface area contributed by atoms with Crippen molar-refractivity contribution in [3.63, 3.8) is 0 Å². The second kappa shape index (κ2) is 5.21. The zero-order valence-corrected chi connectivity index (χ0v) is 12.8. The fourth-order valence-corrected chi connectivity index (χ4v) is 2.43. The van der Waals surface area contributed by atoms with Crippen LogP contribution in [0.15, 0.2) is 51.7 Å². The van der Waals surface area contributed by atoms with Crippen molar-refractivity contribution in [1.29, 1.82) is 0 Å². The van der Waals surface area contributed by atoms with E-state index in [4.69, 9.17) is 0 Å². The minimum atomic E-state index is -0.215. The van der Waals surface area contributed by atoms with Crippen LogP contribution in [0.1, 0.15) is 10.4 Å². The third-order valence-corrected chi connectivity index (χ3v) is 3.79. The third-order valence-electron chi connectivity index (χ3n) is 3.26. The number of nitrogens with zero attached hydrogens (tertiary/aromatic N) is 1. The van der Waals surface area contributed by atoms with Gasteiger partial charge in [0.05, 0.1) is 16.6 Å². The number of aromatic nitrogens is 2. The van der Waals surface area contributed by atoms with Gasteiger partial charge in [-0.2, -0.15) is 0 Å². The molecule has 5 nitrogen and oxygen atoms in total. The highest BCUT2D eigenvalue weighted by atomic mass is 79.9. The predicted octanol–water partition coefficient (Wildman–Crippen LogP) is 2.44. The van der Waals surface area contributed by atoms with Crippen LogP contribution >= 0.6 is 15.9 Å². The summed E-state index contributed by atoms with van der Waals surface area (Å²) in [6, 6.07) is 12.4. The maximum absolute atomic E-state index is 12.5. The Bertz CT molecular complexity index is 878. The third kappa shape index (κ3) is 2.38. The predicted molar refractivity (Wildman–Crippen MR) is 85.0 cm³/mol. The quantitative estimate of drug-likeness (QED) is 0.749. The Labute approximate surface area is 128 Å². The second-order valence-corrected chi connectivity index (χ2v) is 5.48. The first kappa shape index (κ1) is 13.6. The van der Waals surface area contributed by atoms with Crippen LogP contribution in [-0.4, -0.2) is 22.7 Å². The molecule has 0 saturated heterocycles. The Balaban J connectivity index is 2.18. The molecule has 3 rings (SSSR count). The first-order valence-electron chi connectivity index (χ1n) is 6.33. The van der Waals surface area contributed by atoms with Crippen molar-refractivity contribution in [2.45, 2.75) is 0 Å². The Morgan fingerprint density at radius 2 is 1.90 bits per heavy atom. The van der Waals surface area contributed by atoms with Crippen molar-refractivity contribution in [3.8, 4) is 5.69 Å². The molecule has 0 fully saturated rings. The molecule has 6 heteroatoms. The molecule has 21 heavy (non-hydrogen) atoms. The lowest BCUT2D eigenvalue weighted by Gasteiger charge is -2.00. The van der Waals surface area contributed by atoms with Crippen LogP contribution < -0.4 is 10.9 Å². The van der Waals surface area contributed by atoms with Crippen LogP contribution in [0.25, 0.3) is 16.6 Å². The Morgan fingerprint density at radius 3 is 2.57 bits per heavy atom. The average Bonchev–Trinajstić information content (AvgIpc) is 2.84. The topological polar surface area (TPSA) is 66.9 Å². The van der Waals surface area contributed by atoms with E-state index >= 15 is 0 Å². The second-order valence-electron chi connectivity index (χ2n) is 4.57. The van der Waals surface area contributed by atoms with Crippen molar-refractivity contribution >= 4 is 32.7 Å². The zero-order chi connectivity index (χ0) is 15.0. The highest BCUT2D eigenvalue weighted by molar-refractivity contribution is 9.10. The smallest absolute Gasteiger partial charge is 0.279 e. The van der Waals surface area contributed by atoms with E-state index < -0.39 is 0 Å². The van der Waals surface area contributed by atoms with Crippen molar-refractivity contribution in [3.05, 3.63) is 62.9 Å².